The molecule has 0 bridgehead atoms. The Hall–Kier alpha value is -1.06. The highest BCUT2D eigenvalue weighted by molar-refractivity contribution is 5.40. The zero-order chi connectivity index (χ0) is 8.84. The Kier molecular flexibility index (Phi) is 1.39. The molecule has 1 fully saturated rings. The van der Waals surface area contributed by atoms with Gasteiger partial charge < -0.3 is 14.6 Å². The normalized spacial score (nSPS) is 35.3. The van der Waals surface area contributed by atoms with Crippen molar-refractivity contribution in [2.45, 2.75) is 24.9 Å². The van der Waals surface area contributed by atoms with Gasteiger partial charge in [0.15, 0.2) is 6.29 Å². The first kappa shape index (κ1) is 7.35. The fourth-order valence-corrected chi connectivity index (χ4v) is 2.04. The van der Waals surface area contributed by atoms with Crippen LogP contribution in [0, 0.1) is 0 Å². The summed E-state index contributed by atoms with van der Waals surface area (Å²) in [7, 11) is 0. The Morgan fingerprint density at radius 3 is 3.08 bits per heavy atom. The molecule has 0 aromatic heterocycles. The predicted molar refractivity (Wildman–Crippen MR) is 45.3 cm³/mol. The summed E-state index contributed by atoms with van der Waals surface area (Å²) in [5.41, 5.74) is 1.16. The third-order valence-corrected chi connectivity index (χ3v) is 2.64. The zero-order valence-electron chi connectivity index (χ0n) is 7.01. The quantitative estimate of drug-likeness (QED) is 0.649. The lowest BCUT2D eigenvalue weighted by Gasteiger charge is -2.08. The minimum Gasteiger partial charge on any atom is -0.464 e. The lowest BCUT2D eigenvalue weighted by molar-refractivity contribution is -0.147. The largest absolute Gasteiger partial charge is 0.464 e. The third-order valence-electron chi connectivity index (χ3n) is 2.64. The number of rotatable bonds is 0. The fraction of sp³-hybridized carbons (Fsp3) is 0.400. The minimum absolute atomic E-state index is 0.214. The van der Waals surface area contributed by atoms with Gasteiger partial charge in [-0.05, 0) is 6.07 Å². The molecule has 1 aromatic carbocycles. The molecule has 0 aliphatic carbocycles. The van der Waals surface area contributed by atoms with Gasteiger partial charge in [-0.3, -0.25) is 0 Å². The Labute approximate surface area is 75.9 Å². The molecule has 13 heavy (non-hydrogen) atoms. The number of ether oxygens (including phenoxy) is 2. The van der Waals surface area contributed by atoms with Crippen LogP contribution >= 0.6 is 0 Å². The molecule has 0 amide bonds. The molecule has 3 nitrogen and oxygen atoms in total. The van der Waals surface area contributed by atoms with E-state index in [-0.39, 0.29) is 12.2 Å². The number of para-hydroxylation sites is 1. The number of aliphatic hydroxyl groups is 1. The van der Waals surface area contributed by atoms with Gasteiger partial charge in [-0.1, -0.05) is 18.2 Å². The molecule has 0 saturated carbocycles. The van der Waals surface area contributed by atoms with Gasteiger partial charge in [-0.2, -0.15) is 0 Å². The van der Waals surface area contributed by atoms with Crippen molar-refractivity contribution < 1.29 is 14.6 Å². The summed E-state index contributed by atoms with van der Waals surface area (Å²) in [5.74, 6) is 1.11. The van der Waals surface area contributed by atoms with Crippen LogP contribution in [-0.2, 0) is 4.74 Å². The molecule has 2 aliphatic heterocycles. The molecule has 2 heterocycles. The molecule has 68 valence electrons. The Morgan fingerprint density at radius 1 is 1.31 bits per heavy atom. The fourth-order valence-electron chi connectivity index (χ4n) is 2.04. The van der Waals surface area contributed by atoms with E-state index in [1.54, 1.807) is 0 Å². The maximum Gasteiger partial charge on any atom is 0.209 e. The summed E-state index contributed by atoms with van der Waals surface area (Å²) < 4.78 is 10.7. The summed E-state index contributed by atoms with van der Waals surface area (Å²) in [4.78, 5) is 0. The van der Waals surface area contributed by atoms with Gasteiger partial charge in [-0.25, -0.2) is 0 Å². The van der Waals surface area contributed by atoms with Crippen LogP contribution < -0.4 is 4.74 Å². The van der Waals surface area contributed by atoms with E-state index in [2.05, 4.69) is 0 Å². The molecular formula is C10H10O3. The molecule has 1 aromatic rings. The van der Waals surface area contributed by atoms with E-state index in [1.807, 2.05) is 24.3 Å². The van der Waals surface area contributed by atoms with E-state index >= 15 is 0 Å². The van der Waals surface area contributed by atoms with Gasteiger partial charge in [-0.15, -0.1) is 0 Å². The van der Waals surface area contributed by atoms with Crippen LogP contribution in [-0.4, -0.2) is 17.7 Å². The van der Waals surface area contributed by atoms with Crippen LogP contribution in [0.25, 0.3) is 0 Å². The number of hydrogen-bond donors (Lipinski definition) is 1. The first-order chi connectivity index (χ1) is 6.34. The zero-order valence-corrected chi connectivity index (χ0v) is 7.01. The standard InChI is InChI=1S/C10H10O3/c11-9-5-7-6-3-1-2-4-8(6)12-10(7)13-9/h1-4,7,9-11H,5H2. The maximum atomic E-state index is 9.26. The van der Waals surface area contributed by atoms with Crippen molar-refractivity contribution in [3.8, 4) is 5.75 Å². The highest BCUT2D eigenvalue weighted by Crippen LogP contribution is 2.45. The van der Waals surface area contributed by atoms with Crippen LogP contribution in [0.3, 0.4) is 0 Å². The van der Waals surface area contributed by atoms with Crippen molar-refractivity contribution in [2.24, 2.45) is 0 Å². The molecule has 0 spiro atoms. The molecule has 3 rings (SSSR count). The van der Waals surface area contributed by atoms with Gasteiger partial charge in [0.25, 0.3) is 0 Å². The van der Waals surface area contributed by atoms with E-state index in [4.69, 9.17) is 9.47 Å². The summed E-state index contributed by atoms with van der Waals surface area (Å²) >= 11 is 0. The molecule has 2 aliphatic rings. The molecule has 3 unspecified atom stereocenters. The van der Waals surface area contributed by atoms with Gasteiger partial charge in [0.2, 0.25) is 6.29 Å². The van der Waals surface area contributed by atoms with Crippen molar-refractivity contribution in [2.75, 3.05) is 0 Å². The maximum absolute atomic E-state index is 9.26. The Bertz CT molecular complexity index is 337. The van der Waals surface area contributed by atoms with E-state index in [0.29, 0.717) is 6.42 Å². The highest BCUT2D eigenvalue weighted by Gasteiger charge is 2.42. The van der Waals surface area contributed by atoms with Gasteiger partial charge in [0.05, 0.1) is 5.92 Å². The summed E-state index contributed by atoms with van der Waals surface area (Å²) in [6.45, 7) is 0. The van der Waals surface area contributed by atoms with Gasteiger partial charge in [0, 0.05) is 12.0 Å². The van der Waals surface area contributed by atoms with E-state index in [1.165, 1.54) is 0 Å². The number of benzene rings is 1. The topological polar surface area (TPSA) is 38.7 Å². The Morgan fingerprint density at radius 2 is 2.15 bits per heavy atom. The van der Waals surface area contributed by atoms with Crippen LogP contribution in [0.1, 0.15) is 17.9 Å². The molecule has 1 N–H and O–H groups in total. The van der Waals surface area contributed by atoms with Gasteiger partial charge >= 0.3 is 0 Å². The van der Waals surface area contributed by atoms with Crippen LogP contribution in [0.15, 0.2) is 24.3 Å². The van der Waals surface area contributed by atoms with E-state index in [9.17, 15) is 5.11 Å². The van der Waals surface area contributed by atoms with Crippen molar-refractivity contribution >= 4 is 0 Å². The smallest absolute Gasteiger partial charge is 0.209 e. The number of hydrogen-bond acceptors (Lipinski definition) is 3. The lowest BCUT2D eigenvalue weighted by atomic mass is 9.98. The number of fused-ring (bicyclic) bond motifs is 3. The van der Waals surface area contributed by atoms with Crippen molar-refractivity contribution in [1.29, 1.82) is 0 Å². The lowest BCUT2D eigenvalue weighted by Crippen LogP contribution is -2.15. The number of aliphatic hydroxyl groups excluding tert-OH is 1. The SMILES string of the molecule is OC1CC2c3ccccc3OC2O1. The summed E-state index contributed by atoms with van der Waals surface area (Å²) in [6.07, 6.45) is -0.294. The van der Waals surface area contributed by atoms with Crippen LogP contribution in [0.2, 0.25) is 0 Å². The van der Waals surface area contributed by atoms with Gasteiger partial charge in [0.1, 0.15) is 5.75 Å². The second-order valence-corrected chi connectivity index (χ2v) is 3.46. The van der Waals surface area contributed by atoms with Crippen molar-refractivity contribution in [3.63, 3.8) is 0 Å². The molecular weight excluding hydrogens is 168 g/mol. The Balaban J connectivity index is 2.02. The first-order valence-electron chi connectivity index (χ1n) is 4.44. The second kappa shape index (κ2) is 2.47. The minimum atomic E-state index is -0.664. The van der Waals surface area contributed by atoms with Crippen LogP contribution in [0.4, 0.5) is 0 Å². The first-order valence-corrected chi connectivity index (χ1v) is 4.44. The summed E-state index contributed by atoms with van der Waals surface area (Å²) in [5, 5.41) is 9.26. The molecule has 0 radical (unpaired) electrons. The molecule has 3 atom stereocenters. The third kappa shape index (κ3) is 0.975. The van der Waals surface area contributed by atoms with E-state index < -0.39 is 6.29 Å². The van der Waals surface area contributed by atoms with Crippen molar-refractivity contribution in [3.05, 3.63) is 29.8 Å². The second-order valence-electron chi connectivity index (χ2n) is 3.46. The monoisotopic (exact) mass is 178 g/mol. The summed E-state index contributed by atoms with van der Waals surface area (Å²) in [6, 6.07) is 7.89. The molecule has 1 saturated heterocycles. The molecule has 3 heteroatoms. The van der Waals surface area contributed by atoms with E-state index in [0.717, 1.165) is 11.3 Å². The highest BCUT2D eigenvalue weighted by atomic mass is 16.7. The predicted octanol–water partition coefficient (Wildman–Crippen LogP) is 1.23. The van der Waals surface area contributed by atoms with Crippen molar-refractivity contribution in [1.82, 2.24) is 0 Å². The average molecular weight is 178 g/mol. The average Bonchev–Trinajstić information content (AvgIpc) is 2.60. The van der Waals surface area contributed by atoms with Crippen LogP contribution in [0.5, 0.6) is 5.75 Å².